The second-order valence-corrected chi connectivity index (χ2v) is 12.0. The number of sulfone groups is 1. The number of nitrogens with one attached hydrogen (secondary N) is 2. The van der Waals surface area contributed by atoms with Crippen molar-refractivity contribution in [1.82, 2.24) is 15.5 Å². The van der Waals surface area contributed by atoms with Gasteiger partial charge in [-0.15, -0.1) is 0 Å². The standard InChI is InChI=1S/C20H40N4O4S/c1-9-20(10-2,23-17(25)28-18(4,5)6)14-22-16(21-11-3)24-12-13-29(26,27)19(7,8)15-24/h9-15H2,1-8H3,(H,21,22)(H,23,25). The fourth-order valence-corrected chi connectivity index (χ4v) is 4.55. The zero-order chi connectivity index (χ0) is 22.5. The number of nitrogens with zero attached hydrogens (tertiary/aromatic N) is 2. The minimum absolute atomic E-state index is 0.104. The summed E-state index contributed by atoms with van der Waals surface area (Å²) in [4.78, 5) is 19.1. The second-order valence-electron chi connectivity index (χ2n) is 9.28. The Hall–Kier alpha value is -1.51. The molecule has 0 unspecified atom stereocenters. The minimum Gasteiger partial charge on any atom is -0.444 e. The molecule has 1 saturated heterocycles. The zero-order valence-corrected chi connectivity index (χ0v) is 20.2. The van der Waals surface area contributed by atoms with Crippen molar-refractivity contribution in [2.24, 2.45) is 4.99 Å². The molecule has 0 aromatic carbocycles. The van der Waals surface area contributed by atoms with Gasteiger partial charge in [-0.1, -0.05) is 13.8 Å². The van der Waals surface area contributed by atoms with E-state index >= 15 is 0 Å². The summed E-state index contributed by atoms with van der Waals surface area (Å²) in [5.41, 5.74) is -1.10. The molecule has 0 saturated carbocycles. The lowest BCUT2D eigenvalue weighted by Crippen LogP contribution is -2.58. The van der Waals surface area contributed by atoms with Crippen LogP contribution in [0.25, 0.3) is 0 Å². The summed E-state index contributed by atoms with van der Waals surface area (Å²) in [5, 5.41) is 6.27. The van der Waals surface area contributed by atoms with Gasteiger partial charge >= 0.3 is 6.09 Å². The number of hydrogen-bond donors (Lipinski definition) is 2. The van der Waals surface area contributed by atoms with Crippen molar-refractivity contribution < 1.29 is 17.9 Å². The summed E-state index contributed by atoms with van der Waals surface area (Å²) in [5.74, 6) is 0.778. The highest BCUT2D eigenvalue weighted by molar-refractivity contribution is 7.92. The van der Waals surface area contributed by atoms with Crippen molar-refractivity contribution in [3.8, 4) is 0 Å². The maximum absolute atomic E-state index is 12.3. The molecule has 9 heteroatoms. The van der Waals surface area contributed by atoms with E-state index in [1.54, 1.807) is 13.8 Å². The van der Waals surface area contributed by atoms with Gasteiger partial charge in [0.05, 0.1) is 22.6 Å². The molecule has 0 atom stereocenters. The molecule has 1 rings (SSSR count). The molecule has 1 heterocycles. The SMILES string of the molecule is CCNC(=NCC(CC)(CC)NC(=O)OC(C)(C)C)N1CCS(=O)(=O)C(C)(C)C1. The summed E-state index contributed by atoms with van der Waals surface area (Å²) in [6.07, 6.45) is 0.948. The molecule has 1 amide bonds. The molecule has 0 aromatic rings. The predicted molar refractivity (Wildman–Crippen MR) is 118 cm³/mol. The largest absolute Gasteiger partial charge is 0.444 e. The first kappa shape index (κ1) is 25.5. The third-order valence-electron chi connectivity index (χ3n) is 5.33. The first-order chi connectivity index (χ1) is 13.2. The smallest absolute Gasteiger partial charge is 0.408 e. The van der Waals surface area contributed by atoms with Crippen LogP contribution in [0, 0.1) is 0 Å². The molecular weight excluding hydrogens is 392 g/mol. The van der Waals surface area contributed by atoms with Crippen LogP contribution in [0.15, 0.2) is 4.99 Å². The van der Waals surface area contributed by atoms with Crippen LogP contribution in [0.3, 0.4) is 0 Å². The number of carbonyl (C=O) groups is 1. The third kappa shape index (κ3) is 7.04. The van der Waals surface area contributed by atoms with Crippen LogP contribution in [-0.2, 0) is 14.6 Å². The minimum atomic E-state index is -3.13. The highest BCUT2D eigenvalue weighted by atomic mass is 32.2. The molecule has 29 heavy (non-hydrogen) atoms. The maximum atomic E-state index is 12.3. The van der Waals surface area contributed by atoms with E-state index < -0.39 is 31.8 Å². The molecule has 0 aromatic heterocycles. The topological polar surface area (TPSA) is 100 Å². The molecule has 0 bridgehead atoms. The maximum Gasteiger partial charge on any atom is 0.408 e. The van der Waals surface area contributed by atoms with Crippen molar-refractivity contribution in [3.05, 3.63) is 0 Å². The number of carbonyl (C=O) groups excluding carboxylic acids is 1. The number of guanidine groups is 1. The average Bonchev–Trinajstić information content (AvgIpc) is 2.58. The molecule has 170 valence electrons. The van der Waals surface area contributed by atoms with Crippen molar-refractivity contribution in [2.45, 2.75) is 84.1 Å². The van der Waals surface area contributed by atoms with E-state index in [1.165, 1.54) is 0 Å². The zero-order valence-electron chi connectivity index (χ0n) is 19.4. The van der Waals surface area contributed by atoms with Crippen LogP contribution in [-0.4, -0.2) is 73.2 Å². The molecule has 1 aliphatic rings. The van der Waals surface area contributed by atoms with Gasteiger partial charge in [0.2, 0.25) is 0 Å². The molecule has 0 aliphatic carbocycles. The summed E-state index contributed by atoms with van der Waals surface area (Å²) >= 11 is 0. The summed E-state index contributed by atoms with van der Waals surface area (Å²) in [6, 6.07) is 0. The Labute approximate surface area is 176 Å². The summed E-state index contributed by atoms with van der Waals surface area (Å²) < 4.78 is 29.2. The first-order valence-electron chi connectivity index (χ1n) is 10.5. The highest BCUT2D eigenvalue weighted by Crippen LogP contribution is 2.24. The monoisotopic (exact) mass is 432 g/mol. The lowest BCUT2D eigenvalue weighted by Gasteiger charge is -2.39. The Morgan fingerprint density at radius 1 is 1.17 bits per heavy atom. The Morgan fingerprint density at radius 3 is 2.21 bits per heavy atom. The van der Waals surface area contributed by atoms with Crippen LogP contribution in [0.5, 0.6) is 0 Å². The van der Waals surface area contributed by atoms with Gasteiger partial charge in [0.1, 0.15) is 5.60 Å². The normalized spacial score (nSPS) is 19.6. The van der Waals surface area contributed by atoms with Gasteiger partial charge in [-0.3, -0.25) is 4.99 Å². The molecule has 1 fully saturated rings. The van der Waals surface area contributed by atoms with Crippen LogP contribution < -0.4 is 10.6 Å². The Bertz CT molecular complexity index is 692. The van der Waals surface area contributed by atoms with E-state index in [9.17, 15) is 13.2 Å². The molecule has 1 aliphatic heterocycles. The highest BCUT2D eigenvalue weighted by Gasteiger charge is 2.41. The summed E-state index contributed by atoms with van der Waals surface area (Å²) in [7, 11) is -3.13. The van der Waals surface area contributed by atoms with Gasteiger partial charge < -0.3 is 20.3 Å². The van der Waals surface area contributed by atoms with Gasteiger partial charge in [0.15, 0.2) is 15.8 Å². The number of rotatable bonds is 6. The van der Waals surface area contributed by atoms with Crippen LogP contribution >= 0.6 is 0 Å². The first-order valence-corrected chi connectivity index (χ1v) is 12.1. The van der Waals surface area contributed by atoms with E-state index in [0.29, 0.717) is 45.0 Å². The van der Waals surface area contributed by atoms with Gasteiger partial charge in [-0.2, -0.15) is 0 Å². The van der Waals surface area contributed by atoms with Crippen molar-refractivity contribution in [2.75, 3.05) is 31.9 Å². The molecular formula is C20H40N4O4S. The fraction of sp³-hybridized carbons (Fsp3) is 0.900. The fourth-order valence-electron chi connectivity index (χ4n) is 3.19. The average molecular weight is 433 g/mol. The number of aliphatic imine (C=N–C) groups is 1. The van der Waals surface area contributed by atoms with Crippen molar-refractivity contribution >= 4 is 21.9 Å². The van der Waals surface area contributed by atoms with E-state index in [4.69, 9.17) is 9.73 Å². The van der Waals surface area contributed by atoms with E-state index in [0.717, 1.165) is 0 Å². The van der Waals surface area contributed by atoms with E-state index in [-0.39, 0.29) is 5.75 Å². The van der Waals surface area contributed by atoms with Crippen molar-refractivity contribution in [3.63, 3.8) is 0 Å². The molecule has 2 N–H and O–H groups in total. The van der Waals surface area contributed by atoms with Gasteiger partial charge in [0, 0.05) is 19.6 Å². The van der Waals surface area contributed by atoms with E-state index in [1.807, 2.05) is 46.4 Å². The van der Waals surface area contributed by atoms with Crippen LogP contribution in [0.4, 0.5) is 4.79 Å². The summed E-state index contributed by atoms with van der Waals surface area (Å²) in [6.45, 7) is 16.9. The number of ether oxygens (including phenoxy) is 1. The number of alkyl carbamates (subject to hydrolysis) is 1. The lowest BCUT2D eigenvalue weighted by atomic mass is 9.93. The van der Waals surface area contributed by atoms with Gasteiger partial charge in [-0.25, -0.2) is 13.2 Å². The quantitative estimate of drug-likeness (QED) is 0.494. The van der Waals surface area contributed by atoms with E-state index in [2.05, 4.69) is 10.6 Å². The van der Waals surface area contributed by atoms with Crippen LogP contribution in [0.2, 0.25) is 0 Å². The Kier molecular flexibility index (Phi) is 8.39. The lowest BCUT2D eigenvalue weighted by molar-refractivity contribution is 0.0451. The Balaban J connectivity index is 3.02. The molecule has 0 radical (unpaired) electrons. The Morgan fingerprint density at radius 2 is 1.76 bits per heavy atom. The van der Waals surface area contributed by atoms with Crippen molar-refractivity contribution in [1.29, 1.82) is 0 Å². The van der Waals surface area contributed by atoms with Gasteiger partial charge in [-0.05, 0) is 54.4 Å². The number of hydrogen-bond acceptors (Lipinski definition) is 5. The van der Waals surface area contributed by atoms with Crippen LogP contribution in [0.1, 0.15) is 68.2 Å². The third-order valence-corrected chi connectivity index (χ3v) is 7.86. The predicted octanol–water partition coefficient (Wildman–Crippen LogP) is 2.54. The second kappa shape index (κ2) is 9.53. The number of amides is 1. The molecule has 0 spiro atoms. The van der Waals surface area contributed by atoms with Gasteiger partial charge in [0.25, 0.3) is 0 Å². The molecule has 8 nitrogen and oxygen atoms in total.